The van der Waals surface area contributed by atoms with Crippen molar-refractivity contribution in [3.8, 4) is 11.3 Å². The minimum Gasteiger partial charge on any atom is -0.344 e. The number of hydrogen-bond acceptors (Lipinski definition) is 3. The molecule has 0 aliphatic rings. The summed E-state index contributed by atoms with van der Waals surface area (Å²) in [6, 6.07) is 14.6. The highest BCUT2D eigenvalue weighted by molar-refractivity contribution is 5.61. The number of anilines is 1. The molecule has 0 aliphatic carbocycles. The molecular weight excluding hydrogens is 258 g/mol. The Hall–Kier alpha value is -2.13. The molecule has 0 saturated carbocycles. The van der Waals surface area contributed by atoms with E-state index >= 15 is 0 Å². The summed E-state index contributed by atoms with van der Waals surface area (Å²) in [7, 11) is 1.95. The zero-order valence-corrected chi connectivity index (χ0v) is 12.8. The van der Waals surface area contributed by atoms with Crippen LogP contribution in [0.3, 0.4) is 0 Å². The molecule has 3 heteroatoms. The highest BCUT2D eigenvalue weighted by Crippen LogP contribution is 2.21. The van der Waals surface area contributed by atoms with Crippen LogP contribution in [-0.2, 0) is 0 Å². The second kappa shape index (κ2) is 7.60. The Bertz CT molecular complexity index is 575. The van der Waals surface area contributed by atoms with E-state index in [-0.39, 0.29) is 0 Å². The van der Waals surface area contributed by atoms with E-state index in [2.05, 4.69) is 66.2 Å². The van der Waals surface area contributed by atoms with Gasteiger partial charge in [-0.3, -0.25) is 0 Å². The van der Waals surface area contributed by atoms with Crippen LogP contribution in [0.2, 0.25) is 0 Å². The average molecular weight is 281 g/mol. The molecular formula is C18H23N3. The lowest BCUT2D eigenvalue weighted by atomic mass is 10.1. The second-order valence-corrected chi connectivity index (χ2v) is 5.10. The lowest BCUT2D eigenvalue weighted by Gasteiger charge is -2.23. The van der Waals surface area contributed by atoms with Crippen molar-refractivity contribution in [2.24, 2.45) is 0 Å². The molecule has 1 heterocycles. The molecule has 0 atom stereocenters. The van der Waals surface area contributed by atoms with Crippen LogP contribution in [-0.4, -0.2) is 25.2 Å². The summed E-state index contributed by atoms with van der Waals surface area (Å²) >= 11 is 0. The lowest BCUT2D eigenvalue weighted by molar-refractivity contribution is 0.706. The smallest absolute Gasteiger partial charge is 0.130 e. The van der Waals surface area contributed by atoms with Crippen LogP contribution < -0.4 is 10.2 Å². The number of nitrogens with one attached hydrogen (secondary N) is 1. The Morgan fingerprint density at radius 1 is 1.19 bits per heavy atom. The Labute approximate surface area is 127 Å². The predicted octanol–water partition coefficient (Wildman–Crippen LogP) is 3.62. The van der Waals surface area contributed by atoms with E-state index in [9.17, 15) is 0 Å². The highest BCUT2D eigenvalue weighted by atomic mass is 15.2. The lowest BCUT2D eigenvalue weighted by Crippen LogP contribution is -2.33. The molecule has 0 spiro atoms. The number of pyridine rings is 1. The van der Waals surface area contributed by atoms with E-state index in [1.54, 1.807) is 0 Å². The molecule has 0 radical (unpaired) electrons. The van der Waals surface area contributed by atoms with Crippen LogP contribution in [0.25, 0.3) is 11.3 Å². The largest absolute Gasteiger partial charge is 0.344 e. The van der Waals surface area contributed by atoms with Crippen LogP contribution in [0.5, 0.6) is 0 Å². The summed E-state index contributed by atoms with van der Waals surface area (Å²) in [6.45, 7) is 7.57. The molecule has 110 valence electrons. The van der Waals surface area contributed by atoms with Gasteiger partial charge in [-0.1, -0.05) is 42.0 Å². The monoisotopic (exact) mass is 281 g/mol. The number of aromatic nitrogens is 1. The molecule has 21 heavy (non-hydrogen) atoms. The summed E-state index contributed by atoms with van der Waals surface area (Å²) in [4.78, 5) is 7.02. The molecule has 1 aromatic heterocycles. The van der Waals surface area contributed by atoms with Gasteiger partial charge in [-0.05, 0) is 32.5 Å². The van der Waals surface area contributed by atoms with E-state index in [1.807, 2.05) is 13.1 Å². The summed E-state index contributed by atoms with van der Waals surface area (Å²) in [5.41, 5.74) is 3.42. The standard InChI is InChI=1S/C18H23N3/c1-4-5-13-21(14-19-3)18-8-6-7-17(20-18)16-11-9-15(2)10-12-16/h4,6-12,19H,1,5,13-14H2,2-3H3. The number of benzene rings is 1. The predicted molar refractivity (Wildman–Crippen MR) is 90.5 cm³/mol. The van der Waals surface area contributed by atoms with Crippen molar-refractivity contribution in [2.45, 2.75) is 13.3 Å². The van der Waals surface area contributed by atoms with Crippen LogP contribution in [0.1, 0.15) is 12.0 Å². The first-order valence-corrected chi connectivity index (χ1v) is 7.29. The van der Waals surface area contributed by atoms with Crippen LogP contribution in [0, 0.1) is 6.92 Å². The molecule has 2 aromatic rings. The van der Waals surface area contributed by atoms with Gasteiger partial charge in [0.25, 0.3) is 0 Å². The first-order chi connectivity index (χ1) is 10.2. The van der Waals surface area contributed by atoms with E-state index in [1.165, 1.54) is 5.56 Å². The van der Waals surface area contributed by atoms with Crippen molar-refractivity contribution in [3.05, 3.63) is 60.7 Å². The Morgan fingerprint density at radius 3 is 2.62 bits per heavy atom. The van der Waals surface area contributed by atoms with Crippen molar-refractivity contribution in [1.29, 1.82) is 0 Å². The zero-order chi connectivity index (χ0) is 15.1. The van der Waals surface area contributed by atoms with Crippen molar-refractivity contribution >= 4 is 5.82 Å². The highest BCUT2D eigenvalue weighted by Gasteiger charge is 2.07. The number of hydrogen-bond donors (Lipinski definition) is 1. The summed E-state index contributed by atoms with van der Waals surface area (Å²) in [6.07, 6.45) is 2.88. The van der Waals surface area contributed by atoms with Crippen LogP contribution in [0.15, 0.2) is 55.1 Å². The van der Waals surface area contributed by atoms with Gasteiger partial charge in [0.05, 0.1) is 12.4 Å². The van der Waals surface area contributed by atoms with Gasteiger partial charge >= 0.3 is 0 Å². The van der Waals surface area contributed by atoms with E-state index in [0.717, 1.165) is 36.7 Å². The molecule has 0 amide bonds. The molecule has 0 unspecified atom stereocenters. The van der Waals surface area contributed by atoms with Gasteiger partial charge < -0.3 is 10.2 Å². The van der Waals surface area contributed by atoms with Gasteiger partial charge in [-0.15, -0.1) is 6.58 Å². The quantitative estimate of drug-likeness (QED) is 0.620. The second-order valence-electron chi connectivity index (χ2n) is 5.10. The van der Waals surface area contributed by atoms with Gasteiger partial charge in [0.2, 0.25) is 0 Å². The normalized spacial score (nSPS) is 10.4. The fraction of sp³-hybridized carbons (Fsp3) is 0.278. The molecule has 3 nitrogen and oxygen atoms in total. The third kappa shape index (κ3) is 4.17. The van der Waals surface area contributed by atoms with Crippen LogP contribution >= 0.6 is 0 Å². The third-order valence-corrected chi connectivity index (χ3v) is 3.36. The van der Waals surface area contributed by atoms with Gasteiger partial charge in [0.1, 0.15) is 5.82 Å². The fourth-order valence-electron chi connectivity index (χ4n) is 2.20. The number of aryl methyl sites for hydroxylation is 1. The van der Waals surface area contributed by atoms with E-state index in [0.29, 0.717) is 0 Å². The minimum atomic E-state index is 0.776. The van der Waals surface area contributed by atoms with Gasteiger partial charge in [0.15, 0.2) is 0 Å². The third-order valence-electron chi connectivity index (χ3n) is 3.36. The first-order valence-electron chi connectivity index (χ1n) is 7.29. The molecule has 0 bridgehead atoms. The Morgan fingerprint density at radius 2 is 1.95 bits per heavy atom. The van der Waals surface area contributed by atoms with Crippen molar-refractivity contribution in [2.75, 3.05) is 25.2 Å². The van der Waals surface area contributed by atoms with E-state index < -0.39 is 0 Å². The minimum absolute atomic E-state index is 0.776. The average Bonchev–Trinajstić information content (AvgIpc) is 2.52. The summed E-state index contributed by atoms with van der Waals surface area (Å²) in [5, 5.41) is 3.19. The maximum atomic E-state index is 4.80. The summed E-state index contributed by atoms with van der Waals surface area (Å²) < 4.78 is 0. The first kappa shape index (κ1) is 15.3. The fourth-order valence-corrected chi connectivity index (χ4v) is 2.20. The maximum Gasteiger partial charge on any atom is 0.130 e. The Kier molecular flexibility index (Phi) is 5.52. The van der Waals surface area contributed by atoms with Gasteiger partial charge in [-0.25, -0.2) is 4.98 Å². The molecule has 0 aliphatic heterocycles. The topological polar surface area (TPSA) is 28.2 Å². The zero-order valence-electron chi connectivity index (χ0n) is 12.8. The van der Waals surface area contributed by atoms with Crippen LogP contribution in [0.4, 0.5) is 5.82 Å². The van der Waals surface area contributed by atoms with Crippen molar-refractivity contribution in [1.82, 2.24) is 10.3 Å². The Balaban J connectivity index is 2.26. The van der Waals surface area contributed by atoms with Crippen molar-refractivity contribution in [3.63, 3.8) is 0 Å². The van der Waals surface area contributed by atoms with Gasteiger partial charge in [0, 0.05) is 12.1 Å². The van der Waals surface area contributed by atoms with Gasteiger partial charge in [-0.2, -0.15) is 0 Å². The molecule has 2 rings (SSSR count). The number of rotatable bonds is 7. The van der Waals surface area contributed by atoms with Crippen molar-refractivity contribution < 1.29 is 0 Å². The maximum absolute atomic E-state index is 4.80. The molecule has 1 N–H and O–H groups in total. The SMILES string of the molecule is C=CCCN(CNC)c1cccc(-c2ccc(C)cc2)n1. The molecule has 1 aromatic carbocycles. The molecule has 0 fully saturated rings. The molecule has 0 saturated heterocycles. The van der Waals surface area contributed by atoms with E-state index in [4.69, 9.17) is 4.98 Å². The number of nitrogens with zero attached hydrogens (tertiary/aromatic N) is 2. The summed E-state index contributed by atoms with van der Waals surface area (Å²) in [5.74, 6) is 0.990.